The second-order valence-corrected chi connectivity index (χ2v) is 13.4. The Labute approximate surface area is 350 Å². The van der Waals surface area contributed by atoms with Crippen molar-refractivity contribution in [1.29, 1.82) is 0 Å². The van der Waals surface area contributed by atoms with Crippen molar-refractivity contribution in [2.45, 2.75) is 0 Å². The van der Waals surface area contributed by atoms with Gasteiger partial charge >= 0.3 is 0 Å². The fourth-order valence-corrected chi connectivity index (χ4v) is 7.35. The third-order valence-corrected chi connectivity index (χ3v) is 10.2. The highest BCUT2D eigenvalue weighted by molar-refractivity contribution is 6.10. The first kappa shape index (κ1) is 21.5. The van der Waals surface area contributed by atoms with E-state index in [0.717, 1.165) is 27.9 Å². The number of rotatable bonds is 7. The van der Waals surface area contributed by atoms with E-state index in [0.29, 0.717) is 22.5 Å². The second kappa shape index (κ2) is 13.6. The Balaban J connectivity index is 1.04. The lowest BCUT2D eigenvalue weighted by Gasteiger charge is -2.26. The molecule has 2 aromatic heterocycles. The molecule has 3 heteroatoms. The van der Waals surface area contributed by atoms with Crippen molar-refractivity contribution >= 4 is 60.9 Å². The first-order valence-corrected chi connectivity index (χ1v) is 18.2. The molecule has 0 fully saturated rings. The van der Waals surface area contributed by atoms with Crippen molar-refractivity contribution in [2.24, 2.45) is 0 Å². The van der Waals surface area contributed by atoms with Crippen molar-refractivity contribution in [3.8, 4) is 44.5 Å². The zero-order chi connectivity index (χ0) is 49.9. The van der Waals surface area contributed by atoms with E-state index in [1.165, 1.54) is 0 Å². The van der Waals surface area contributed by atoms with Gasteiger partial charge in [0, 0.05) is 49.7 Å². The van der Waals surface area contributed by atoms with Crippen LogP contribution in [0.2, 0.25) is 0 Å². The molecule has 57 heavy (non-hydrogen) atoms. The van der Waals surface area contributed by atoms with Crippen LogP contribution in [-0.4, -0.2) is 0 Å². The molecule has 0 N–H and O–H groups in total. The first-order valence-electron chi connectivity index (χ1n) is 25.2. The largest absolute Gasteiger partial charge is 0.455 e. The van der Waals surface area contributed by atoms with Gasteiger partial charge < -0.3 is 13.7 Å². The lowest BCUT2D eigenvalue weighted by atomic mass is 9.99. The topological polar surface area (TPSA) is 29.5 Å². The summed E-state index contributed by atoms with van der Waals surface area (Å²) in [5.41, 5.74) is 6.97. The van der Waals surface area contributed by atoms with Gasteiger partial charge in [-0.15, -0.1) is 0 Å². The maximum atomic E-state index is 9.00. The molecule has 3 nitrogen and oxygen atoms in total. The Kier molecular flexibility index (Phi) is 5.12. The number of para-hydroxylation sites is 4. The molecule has 0 unspecified atom stereocenters. The van der Waals surface area contributed by atoms with Gasteiger partial charge in [-0.25, -0.2) is 0 Å². The van der Waals surface area contributed by atoms with Crippen LogP contribution in [0.25, 0.3) is 88.4 Å². The monoisotopic (exact) mass is 743 g/mol. The number of anilines is 3. The molecule has 0 saturated heterocycles. The first-order chi connectivity index (χ1) is 34.1. The van der Waals surface area contributed by atoms with Gasteiger partial charge in [0.1, 0.15) is 22.3 Å². The lowest BCUT2D eigenvalue weighted by Crippen LogP contribution is -2.09. The summed E-state index contributed by atoms with van der Waals surface area (Å²) in [6.07, 6.45) is 0. The van der Waals surface area contributed by atoms with E-state index in [4.69, 9.17) is 28.0 Å². The van der Waals surface area contributed by atoms with Crippen LogP contribution >= 0.6 is 0 Å². The summed E-state index contributed by atoms with van der Waals surface area (Å²) in [5.74, 6) is 0. The van der Waals surface area contributed by atoms with E-state index in [1.807, 2.05) is 47.4 Å². The van der Waals surface area contributed by atoms with Crippen LogP contribution in [0.15, 0.2) is 221 Å². The third-order valence-electron chi connectivity index (χ3n) is 10.2. The van der Waals surface area contributed by atoms with E-state index in [-0.39, 0.29) is 79.2 Å². The average Bonchev–Trinajstić information content (AvgIpc) is 4.00. The second-order valence-electron chi connectivity index (χ2n) is 13.4. The molecule has 11 aromatic rings. The molecule has 2 heterocycles. The molecule has 0 spiro atoms. The van der Waals surface area contributed by atoms with Gasteiger partial charge in [-0.1, -0.05) is 164 Å². The molecular weight excluding hydrogens is 695 g/mol. The predicted octanol–water partition coefficient (Wildman–Crippen LogP) is 15.6. The highest BCUT2D eigenvalue weighted by Crippen LogP contribution is 2.41. The highest BCUT2D eigenvalue weighted by atomic mass is 16.3. The Morgan fingerprint density at radius 2 is 0.667 bits per heavy atom. The maximum absolute atomic E-state index is 9.00. The van der Waals surface area contributed by atoms with Crippen LogP contribution in [0.3, 0.4) is 0 Å². The molecular formula is C54H35NO2. The van der Waals surface area contributed by atoms with Gasteiger partial charge in [0.25, 0.3) is 0 Å². The van der Waals surface area contributed by atoms with Crippen molar-refractivity contribution in [1.82, 2.24) is 0 Å². The Bertz CT molecular complexity index is 3810. The quantitative estimate of drug-likeness (QED) is 0.163. The minimum atomic E-state index is -0.509. The Hall–Kier alpha value is -7.62. The number of nitrogens with zero attached hydrogens (tertiary/aromatic N) is 1. The fourth-order valence-electron chi connectivity index (χ4n) is 7.35. The summed E-state index contributed by atoms with van der Waals surface area (Å²) in [4.78, 5) is 1.97. The van der Waals surface area contributed by atoms with Crippen LogP contribution in [0.5, 0.6) is 0 Å². The van der Waals surface area contributed by atoms with Gasteiger partial charge in [0.05, 0.1) is 19.2 Å². The minimum Gasteiger partial charge on any atom is -0.455 e. The summed E-state index contributed by atoms with van der Waals surface area (Å²) >= 11 is 0. The lowest BCUT2D eigenvalue weighted by molar-refractivity contribution is 0.669. The molecule has 268 valence electrons. The van der Waals surface area contributed by atoms with Gasteiger partial charge in [0.15, 0.2) is 0 Å². The van der Waals surface area contributed by atoms with Crippen molar-refractivity contribution in [3.63, 3.8) is 0 Å². The van der Waals surface area contributed by atoms with Crippen molar-refractivity contribution in [2.75, 3.05) is 4.90 Å². The van der Waals surface area contributed by atoms with Gasteiger partial charge in [-0.05, 0) is 81.9 Å². The zero-order valence-electron chi connectivity index (χ0n) is 43.9. The summed E-state index contributed by atoms with van der Waals surface area (Å²) in [6, 6.07) is 34.5. The van der Waals surface area contributed by atoms with Crippen LogP contribution < -0.4 is 4.90 Å². The highest BCUT2D eigenvalue weighted by Gasteiger charge is 2.17. The smallest absolute Gasteiger partial charge is 0.143 e. The van der Waals surface area contributed by atoms with Gasteiger partial charge in [-0.3, -0.25) is 0 Å². The molecule has 0 aliphatic rings. The van der Waals surface area contributed by atoms with E-state index in [1.54, 1.807) is 48.5 Å². The molecule has 0 bridgehead atoms. The summed E-state index contributed by atoms with van der Waals surface area (Å²) < 4.78 is 133. The molecule has 0 aliphatic heterocycles. The third kappa shape index (κ3) is 5.76. The molecule has 0 amide bonds. The van der Waals surface area contributed by atoms with Crippen LogP contribution in [0.1, 0.15) is 19.2 Å². The van der Waals surface area contributed by atoms with Gasteiger partial charge in [0.2, 0.25) is 0 Å². The molecule has 0 saturated carbocycles. The molecule has 0 aliphatic carbocycles. The van der Waals surface area contributed by atoms with E-state index < -0.39 is 60.4 Å². The summed E-state index contributed by atoms with van der Waals surface area (Å²) in [6.45, 7) is 0. The van der Waals surface area contributed by atoms with Crippen LogP contribution in [0.4, 0.5) is 17.1 Å². The predicted molar refractivity (Wildman–Crippen MR) is 237 cm³/mol. The molecule has 0 atom stereocenters. The molecule has 9 aromatic carbocycles. The number of fused-ring (bicyclic) bond motifs is 6. The van der Waals surface area contributed by atoms with E-state index >= 15 is 0 Å². The Morgan fingerprint density at radius 1 is 0.316 bits per heavy atom. The maximum Gasteiger partial charge on any atom is 0.143 e. The normalized spacial score (nSPS) is 14.9. The Morgan fingerprint density at radius 3 is 1.11 bits per heavy atom. The molecule has 11 rings (SSSR count). The summed E-state index contributed by atoms with van der Waals surface area (Å²) in [7, 11) is 0. The van der Waals surface area contributed by atoms with E-state index in [9.17, 15) is 0 Å². The van der Waals surface area contributed by atoms with Crippen molar-refractivity contribution in [3.05, 3.63) is 212 Å². The number of furan rings is 2. The SMILES string of the molecule is [2H]c1c([2H])c([2H])c2c(oc3c(-c4ccc(N(c5ccc(-c6ccc(-c7ccccc7)cc6)cc5)c5ccc(-c6c([2H])c([2H])c([2H])c7c6oc6c([2H])c([2H])c([2H])c([2H])c67)cc5)cc4)c([2H])c([2H])c([2H])c32)c1[2H]. The van der Waals surface area contributed by atoms with Crippen LogP contribution in [-0.2, 0) is 0 Å². The van der Waals surface area contributed by atoms with Crippen molar-refractivity contribution < 1.29 is 28.0 Å². The van der Waals surface area contributed by atoms with Gasteiger partial charge in [-0.2, -0.15) is 0 Å². The number of benzene rings is 9. The number of hydrogen-bond acceptors (Lipinski definition) is 3. The zero-order valence-corrected chi connectivity index (χ0v) is 29.9. The number of hydrogen-bond donors (Lipinski definition) is 0. The fraction of sp³-hybridized carbons (Fsp3) is 0. The van der Waals surface area contributed by atoms with E-state index in [2.05, 4.69) is 36.4 Å². The summed E-state index contributed by atoms with van der Waals surface area (Å²) in [5, 5.41) is -0.0485. The van der Waals surface area contributed by atoms with Crippen LogP contribution in [0, 0.1) is 0 Å². The standard InChI is InChI=1S/C54H35NO2/c1-2-10-36(11-3-1)37-20-22-38(23-21-37)39-24-30-42(31-25-39)55(43-32-26-40(27-33-43)45-14-8-16-49-47-12-4-6-18-51(47)56-53(45)49)44-34-28-41(29-35-44)46-15-9-17-50-48-13-5-7-19-52(48)57-54(46)50/h1-35H/i4D,5D,6D,7D,8D,9D,12D,13D,14D,15D,16D,17D,18D,19D. The average molecular weight is 744 g/mol. The molecule has 0 radical (unpaired) electrons. The minimum absolute atomic E-state index is 0.00892.